The number of methoxy groups -OCH3 is 1. The predicted molar refractivity (Wildman–Crippen MR) is 97.4 cm³/mol. The standard InChI is InChI=1S/C18H22N2O4S/c1-13-11-16(24-4)9-10-17(13)25(22,23)19-15-7-5-14(6-8-15)12-18(21)20(2)3/h5-11,19H,12H2,1-4H3. The number of nitrogens with one attached hydrogen (secondary N) is 1. The maximum atomic E-state index is 12.6. The number of benzene rings is 2. The van der Waals surface area contributed by atoms with Crippen molar-refractivity contribution in [2.75, 3.05) is 25.9 Å². The van der Waals surface area contributed by atoms with Gasteiger partial charge in [0.2, 0.25) is 5.91 Å². The molecule has 0 aliphatic rings. The molecule has 2 rings (SSSR count). The number of aryl methyl sites for hydroxylation is 1. The fourth-order valence-corrected chi connectivity index (χ4v) is 3.57. The topological polar surface area (TPSA) is 75.7 Å². The highest BCUT2D eigenvalue weighted by Gasteiger charge is 2.17. The summed E-state index contributed by atoms with van der Waals surface area (Å²) in [6.45, 7) is 1.72. The van der Waals surface area contributed by atoms with Gasteiger partial charge in [-0.15, -0.1) is 0 Å². The normalized spacial score (nSPS) is 11.0. The SMILES string of the molecule is COc1ccc(S(=O)(=O)Nc2ccc(CC(=O)N(C)C)cc2)c(C)c1. The monoisotopic (exact) mass is 362 g/mol. The first-order chi connectivity index (χ1) is 11.7. The zero-order valence-electron chi connectivity index (χ0n) is 14.7. The van der Waals surface area contributed by atoms with Gasteiger partial charge in [-0.05, 0) is 48.4 Å². The van der Waals surface area contributed by atoms with Gasteiger partial charge < -0.3 is 9.64 Å². The molecule has 6 nitrogen and oxygen atoms in total. The lowest BCUT2D eigenvalue weighted by Crippen LogP contribution is -2.23. The Morgan fingerprint density at radius 2 is 1.76 bits per heavy atom. The molecule has 0 aromatic heterocycles. The molecule has 134 valence electrons. The van der Waals surface area contributed by atoms with Crippen LogP contribution in [0.2, 0.25) is 0 Å². The van der Waals surface area contributed by atoms with Crippen LogP contribution >= 0.6 is 0 Å². The summed E-state index contributed by atoms with van der Waals surface area (Å²) in [4.78, 5) is 13.4. The van der Waals surface area contributed by atoms with Crippen molar-refractivity contribution in [3.8, 4) is 5.75 Å². The smallest absolute Gasteiger partial charge is 0.262 e. The molecule has 2 aromatic carbocycles. The van der Waals surface area contributed by atoms with Gasteiger partial charge in [0, 0.05) is 19.8 Å². The number of likely N-dealkylation sites (N-methyl/N-ethyl adjacent to an activating group) is 1. The van der Waals surface area contributed by atoms with E-state index in [1.807, 2.05) is 0 Å². The number of amides is 1. The molecule has 1 amide bonds. The van der Waals surface area contributed by atoms with E-state index in [2.05, 4.69) is 4.72 Å². The molecular weight excluding hydrogens is 340 g/mol. The van der Waals surface area contributed by atoms with Crippen LogP contribution in [0.1, 0.15) is 11.1 Å². The van der Waals surface area contributed by atoms with Crippen LogP contribution in [0.15, 0.2) is 47.4 Å². The van der Waals surface area contributed by atoms with Crippen molar-refractivity contribution in [1.82, 2.24) is 4.90 Å². The fourth-order valence-electron chi connectivity index (χ4n) is 2.28. The molecule has 0 aliphatic carbocycles. The summed E-state index contributed by atoms with van der Waals surface area (Å²) in [5.41, 5.74) is 1.86. The Balaban J connectivity index is 2.17. The average Bonchev–Trinajstić information content (AvgIpc) is 2.55. The largest absolute Gasteiger partial charge is 0.497 e. The lowest BCUT2D eigenvalue weighted by atomic mass is 10.1. The number of anilines is 1. The summed E-state index contributed by atoms with van der Waals surface area (Å²) in [5, 5.41) is 0. The first-order valence-electron chi connectivity index (χ1n) is 7.69. The third kappa shape index (κ3) is 4.73. The Bertz CT molecular complexity index is 859. The molecule has 1 N–H and O–H groups in total. The lowest BCUT2D eigenvalue weighted by Gasteiger charge is -2.13. The summed E-state index contributed by atoms with van der Waals surface area (Å²) in [6.07, 6.45) is 0.275. The van der Waals surface area contributed by atoms with Crippen LogP contribution in [0.4, 0.5) is 5.69 Å². The quantitative estimate of drug-likeness (QED) is 0.856. The van der Waals surface area contributed by atoms with E-state index in [4.69, 9.17) is 4.74 Å². The molecule has 0 heterocycles. The van der Waals surface area contributed by atoms with E-state index in [0.29, 0.717) is 17.0 Å². The van der Waals surface area contributed by atoms with Crippen LogP contribution in [0.25, 0.3) is 0 Å². The molecule has 2 aromatic rings. The summed E-state index contributed by atoms with van der Waals surface area (Å²) >= 11 is 0. The van der Waals surface area contributed by atoms with Gasteiger partial charge in [-0.3, -0.25) is 9.52 Å². The van der Waals surface area contributed by atoms with E-state index in [1.54, 1.807) is 57.4 Å². The molecule has 0 saturated heterocycles. The number of sulfonamides is 1. The van der Waals surface area contributed by atoms with E-state index in [9.17, 15) is 13.2 Å². The van der Waals surface area contributed by atoms with E-state index in [-0.39, 0.29) is 17.2 Å². The molecule has 0 spiro atoms. The Kier molecular flexibility index (Phi) is 5.69. The minimum absolute atomic E-state index is 0.0119. The van der Waals surface area contributed by atoms with Crippen molar-refractivity contribution in [2.45, 2.75) is 18.2 Å². The van der Waals surface area contributed by atoms with Crippen molar-refractivity contribution >= 4 is 21.6 Å². The Morgan fingerprint density at radius 3 is 2.28 bits per heavy atom. The highest BCUT2D eigenvalue weighted by atomic mass is 32.2. The number of rotatable bonds is 6. The van der Waals surface area contributed by atoms with Crippen LogP contribution < -0.4 is 9.46 Å². The van der Waals surface area contributed by atoms with Crippen molar-refractivity contribution in [1.29, 1.82) is 0 Å². The number of ether oxygens (including phenoxy) is 1. The van der Waals surface area contributed by atoms with E-state index >= 15 is 0 Å². The molecule has 0 fully saturated rings. The van der Waals surface area contributed by atoms with Gasteiger partial charge in [0.1, 0.15) is 5.75 Å². The maximum absolute atomic E-state index is 12.6. The molecule has 0 saturated carbocycles. The van der Waals surface area contributed by atoms with E-state index < -0.39 is 10.0 Å². The summed E-state index contributed by atoms with van der Waals surface area (Å²) in [7, 11) is 1.23. The van der Waals surface area contributed by atoms with Crippen LogP contribution in [-0.2, 0) is 21.2 Å². The summed E-state index contributed by atoms with van der Waals surface area (Å²) in [5.74, 6) is 0.591. The predicted octanol–water partition coefficient (Wildman–Crippen LogP) is 2.44. The second kappa shape index (κ2) is 7.57. The first kappa shape index (κ1) is 18.8. The molecule has 0 bridgehead atoms. The number of carbonyl (C=O) groups excluding carboxylic acids is 1. The maximum Gasteiger partial charge on any atom is 0.262 e. The highest BCUT2D eigenvalue weighted by Crippen LogP contribution is 2.23. The first-order valence-corrected chi connectivity index (χ1v) is 9.18. The van der Waals surface area contributed by atoms with Crippen molar-refractivity contribution in [3.63, 3.8) is 0 Å². The number of nitrogens with zero attached hydrogens (tertiary/aromatic N) is 1. The molecule has 7 heteroatoms. The van der Waals surface area contributed by atoms with Gasteiger partial charge in [-0.25, -0.2) is 8.42 Å². The van der Waals surface area contributed by atoms with Gasteiger partial charge >= 0.3 is 0 Å². The Morgan fingerprint density at radius 1 is 1.12 bits per heavy atom. The van der Waals surface area contributed by atoms with Crippen LogP contribution in [0.3, 0.4) is 0 Å². The zero-order chi connectivity index (χ0) is 18.6. The minimum atomic E-state index is -3.70. The van der Waals surface area contributed by atoms with Crippen LogP contribution in [0.5, 0.6) is 5.75 Å². The summed E-state index contributed by atoms with van der Waals surface area (Å²) in [6, 6.07) is 11.6. The van der Waals surface area contributed by atoms with Crippen LogP contribution in [0, 0.1) is 6.92 Å². The molecular formula is C18H22N2O4S. The Hall–Kier alpha value is -2.54. The zero-order valence-corrected chi connectivity index (χ0v) is 15.6. The highest BCUT2D eigenvalue weighted by molar-refractivity contribution is 7.92. The molecule has 0 radical (unpaired) electrons. The van der Waals surface area contributed by atoms with E-state index in [1.165, 1.54) is 18.1 Å². The van der Waals surface area contributed by atoms with Gasteiger partial charge in [-0.1, -0.05) is 12.1 Å². The minimum Gasteiger partial charge on any atom is -0.497 e. The van der Waals surface area contributed by atoms with Crippen molar-refractivity contribution in [3.05, 3.63) is 53.6 Å². The van der Waals surface area contributed by atoms with Gasteiger partial charge in [0.25, 0.3) is 10.0 Å². The average molecular weight is 362 g/mol. The summed E-state index contributed by atoms with van der Waals surface area (Å²) < 4.78 is 32.8. The van der Waals surface area contributed by atoms with E-state index in [0.717, 1.165) is 5.56 Å². The van der Waals surface area contributed by atoms with Gasteiger partial charge in [-0.2, -0.15) is 0 Å². The van der Waals surface area contributed by atoms with Gasteiger partial charge in [0.15, 0.2) is 0 Å². The fraction of sp³-hybridized carbons (Fsp3) is 0.278. The number of hydrogen-bond donors (Lipinski definition) is 1. The molecule has 25 heavy (non-hydrogen) atoms. The van der Waals surface area contributed by atoms with Crippen molar-refractivity contribution in [2.24, 2.45) is 0 Å². The van der Waals surface area contributed by atoms with Gasteiger partial charge in [0.05, 0.1) is 18.4 Å². The lowest BCUT2D eigenvalue weighted by molar-refractivity contribution is -0.127. The second-order valence-corrected chi connectivity index (χ2v) is 7.55. The second-order valence-electron chi connectivity index (χ2n) is 5.90. The number of hydrogen-bond acceptors (Lipinski definition) is 4. The Labute approximate surface area is 148 Å². The van der Waals surface area contributed by atoms with Crippen LogP contribution in [-0.4, -0.2) is 40.4 Å². The molecule has 0 atom stereocenters. The third-order valence-electron chi connectivity index (χ3n) is 3.73. The third-order valence-corrected chi connectivity index (χ3v) is 5.27. The number of carbonyl (C=O) groups is 1. The molecule has 0 aliphatic heterocycles. The molecule has 0 unspecified atom stereocenters. The van der Waals surface area contributed by atoms with Crippen molar-refractivity contribution < 1.29 is 17.9 Å².